The summed E-state index contributed by atoms with van der Waals surface area (Å²) < 4.78 is 40.3. The molecule has 0 saturated carbocycles. The van der Waals surface area contributed by atoms with Crippen molar-refractivity contribution >= 4 is 29.0 Å². The van der Waals surface area contributed by atoms with Gasteiger partial charge >= 0.3 is 6.18 Å². The molecular formula is C18H11F3N2O2S. The molecule has 0 bridgehead atoms. The Morgan fingerprint density at radius 3 is 2.65 bits per heavy atom. The number of thioether (sulfide) groups is 1. The first-order chi connectivity index (χ1) is 12.3. The molecule has 1 aromatic heterocycles. The smallest absolute Gasteiger partial charge is 0.317 e. The standard InChI is InChI=1S/C18H11F3N2O2S/c1-2-8-23-16(24)15(26-17(23)25)11-14-7-4-9-22(14)13-6-3-5-12(10-13)18(19,20)21/h1,3-7,9-11H,8H2/b15-11+. The van der Waals surface area contributed by atoms with Crippen LogP contribution in [0.4, 0.5) is 18.0 Å². The number of halogens is 3. The van der Waals surface area contributed by atoms with Gasteiger partial charge in [-0.2, -0.15) is 13.2 Å². The van der Waals surface area contributed by atoms with Gasteiger partial charge in [-0.25, -0.2) is 0 Å². The van der Waals surface area contributed by atoms with Crippen LogP contribution in [-0.4, -0.2) is 27.2 Å². The van der Waals surface area contributed by atoms with E-state index in [1.54, 1.807) is 18.3 Å². The summed E-state index contributed by atoms with van der Waals surface area (Å²) in [6.07, 6.45) is 3.72. The number of nitrogens with zero attached hydrogens (tertiary/aromatic N) is 2. The first-order valence-electron chi connectivity index (χ1n) is 7.35. The van der Waals surface area contributed by atoms with E-state index in [0.29, 0.717) is 11.4 Å². The molecule has 1 aromatic carbocycles. The summed E-state index contributed by atoms with van der Waals surface area (Å²) in [4.78, 5) is 25.2. The van der Waals surface area contributed by atoms with Crippen molar-refractivity contribution in [3.8, 4) is 18.0 Å². The normalized spacial score (nSPS) is 16.4. The van der Waals surface area contributed by atoms with Crippen LogP contribution in [-0.2, 0) is 11.0 Å². The molecular weight excluding hydrogens is 365 g/mol. The van der Waals surface area contributed by atoms with Crippen molar-refractivity contribution in [2.24, 2.45) is 0 Å². The summed E-state index contributed by atoms with van der Waals surface area (Å²) in [6.45, 7) is -0.128. The predicted octanol–water partition coefficient (Wildman–Crippen LogP) is 4.17. The fourth-order valence-electron chi connectivity index (χ4n) is 2.44. The number of alkyl halides is 3. The first-order valence-corrected chi connectivity index (χ1v) is 8.17. The third kappa shape index (κ3) is 3.39. The number of imide groups is 1. The maximum atomic E-state index is 12.9. The second kappa shape index (κ2) is 6.77. The molecule has 1 aliphatic rings. The molecule has 4 nitrogen and oxygen atoms in total. The highest BCUT2D eigenvalue weighted by molar-refractivity contribution is 8.18. The Kier molecular flexibility index (Phi) is 4.66. The van der Waals surface area contributed by atoms with Gasteiger partial charge < -0.3 is 4.57 Å². The summed E-state index contributed by atoms with van der Waals surface area (Å²) in [5.41, 5.74) is -0.0153. The molecule has 2 amide bonds. The van der Waals surface area contributed by atoms with Gasteiger partial charge in [0.15, 0.2) is 0 Å². The summed E-state index contributed by atoms with van der Waals surface area (Å²) >= 11 is 0.741. The number of hydrogen-bond acceptors (Lipinski definition) is 3. The van der Waals surface area contributed by atoms with E-state index < -0.39 is 22.9 Å². The number of benzene rings is 1. The SMILES string of the molecule is C#CCN1C(=O)S/C(=C/c2cccn2-c2cccc(C(F)(F)F)c2)C1=O. The summed E-state index contributed by atoms with van der Waals surface area (Å²) in [6, 6.07) is 8.10. The number of rotatable bonds is 3. The molecule has 8 heteroatoms. The van der Waals surface area contributed by atoms with E-state index in [4.69, 9.17) is 6.42 Å². The van der Waals surface area contributed by atoms with Gasteiger partial charge in [0.05, 0.1) is 17.0 Å². The third-order valence-electron chi connectivity index (χ3n) is 3.63. The van der Waals surface area contributed by atoms with Crippen molar-refractivity contribution in [1.29, 1.82) is 0 Å². The number of aromatic nitrogens is 1. The molecule has 132 valence electrons. The number of carbonyl (C=O) groups is 2. The van der Waals surface area contributed by atoms with Crippen LogP contribution in [0.2, 0.25) is 0 Å². The zero-order valence-corrected chi connectivity index (χ0v) is 14.0. The number of carbonyl (C=O) groups excluding carboxylic acids is 2. The van der Waals surface area contributed by atoms with Gasteiger partial charge in [-0.1, -0.05) is 12.0 Å². The highest BCUT2D eigenvalue weighted by atomic mass is 32.2. The lowest BCUT2D eigenvalue weighted by Gasteiger charge is -2.11. The summed E-state index contributed by atoms with van der Waals surface area (Å²) in [5.74, 6) is 1.72. The number of amides is 2. The third-order valence-corrected chi connectivity index (χ3v) is 4.54. The Labute approximate surface area is 151 Å². The molecule has 1 saturated heterocycles. The molecule has 0 atom stereocenters. The Morgan fingerprint density at radius 2 is 1.96 bits per heavy atom. The number of terminal acetylenes is 1. The monoisotopic (exact) mass is 376 g/mol. The Hall–Kier alpha value is -2.92. The fraction of sp³-hybridized carbons (Fsp3) is 0.111. The lowest BCUT2D eigenvalue weighted by molar-refractivity contribution is -0.137. The molecule has 0 spiro atoms. The largest absolute Gasteiger partial charge is 0.416 e. The minimum Gasteiger partial charge on any atom is -0.317 e. The van der Waals surface area contributed by atoms with Crippen molar-refractivity contribution in [3.05, 3.63) is 58.8 Å². The van der Waals surface area contributed by atoms with Crippen molar-refractivity contribution in [3.63, 3.8) is 0 Å². The van der Waals surface area contributed by atoms with E-state index in [1.807, 2.05) is 0 Å². The molecule has 1 aliphatic heterocycles. The average Bonchev–Trinajstić information content (AvgIpc) is 3.15. The van der Waals surface area contributed by atoms with Gasteiger partial charge in [0.2, 0.25) is 0 Å². The topological polar surface area (TPSA) is 42.3 Å². The minimum absolute atomic E-state index is 0.128. The molecule has 1 fully saturated rings. The Balaban J connectivity index is 1.97. The highest BCUT2D eigenvalue weighted by Crippen LogP contribution is 2.33. The van der Waals surface area contributed by atoms with Crippen molar-refractivity contribution in [2.45, 2.75) is 6.18 Å². The molecule has 2 aromatic rings. The maximum absolute atomic E-state index is 12.9. The van der Waals surface area contributed by atoms with Gasteiger partial charge in [-0.3, -0.25) is 14.5 Å². The van der Waals surface area contributed by atoms with Crippen LogP contribution >= 0.6 is 11.8 Å². The lowest BCUT2D eigenvalue weighted by Crippen LogP contribution is -2.28. The van der Waals surface area contributed by atoms with Crippen LogP contribution in [0.5, 0.6) is 0 Å². The van der Waals surface area contributed by atoms with Gasteiger partial charge in [-0.15, -0.1) is 6.42 Å². The summed E-state index contributed by atoms with van der Waals surface area (Å²) in [7, 11) is 0. The molecule has 3 rings (SSSR count). The fourth-order valence-corrected chi connectivity index (χ4v) is 3.26. The van der Waals surface area contributed by atoms with Crippen LogP contribution in [0.3, 0.4) is 0 Å². The van der Waals surface area contributed by atoms with E-state index in [9.17, 15) is 22.8 Å². The van der Waals surface area contributed by atoms with Crippen molar-refractivity contribution in [1.82, 2.24) is 9.47 Å². The minimum atomic E-state index is -4.46. The quantitative estimate of drug-likeness (QED) is 0.597. The van der Waals surface area contributed by atoms with E-state index in [-0.39, 0.29) is 11.4 Å². The molecule has 0 radical (unpaired) electrons. The van der Waals surface area contributed by atoms with Gasteiger partial charge in [-0.05, 0) is 48.2 Å². The predicted molar refractivity (Wildman–Crippen MR) is 92.3 cm³/mol. The first kappa shape index (κ1) is 17.9. The van der Waals surface area contributed by atoms with Crippen LogP contribution in [0.1, 0.15) is 11.3 Å². The lowest BCUT2D eigenvalue weighted by atomic mass is 10.2. The van der Waals surface area contributed by atoms with Crippen molar-refractivity contribution < 1.29 is 22.8 Å². The van der Waals surface area contributed by atoms with Crippen LogP contribution in [0.25, 0.3) is 11.8 Å². The second-order valence-corrected chi connectivity index (χ2v) is 6.32. The second-order valence-electron chi connectivity index (χ2n) is 5.32. The zero-order valence-electron chi connectivity index (χ0n) is 13.2. The van der Waals surface area contributed by atoms with Crippen LogP contribution in [0.15, 0.2) is 47.5 Å². The van der Waals surface area contributed by atoms with Gasteiger partial charge in [0.1, 0.15) is 0 Å². The molecule has 0 unspecified atom stereocenters. The Morgan fingerprint density at radius 1 is 1.19 bits per heavy atom. The van der Waals surface area contributed by atoms with Crippen molar-refractivity contribution in [2.75, 3.05) is 6.54 Å². The van der Waals surface area contributed by atoms with Gasteiger partial charge in [0, 0.05) is 17.6 Å². The van der Waals surface area contributed by atoms with Crippen LogP contribution < -0.4 is 0 Å². The Bertz CT molecular complexity index is 954. The van der Waals surface area contributed by atoms with Gasteiger partial charge in [0.25, 0.3) is 11.1 Å². The molecule has 0 N–H and O–H groups in total. The average molecular weight is 376 g/mol. The highest BCUT2D eigenvalue weighted by Gasteiger charge is 2.34. The summed E-state index contributed by atoms with van der Waals surface area (Å²) in [5, 5.41) is -0.476. The van der Waals surface area contributed by atoms with E-state index in [0.717, 1.165) is 28.8 Å². The number of hydrogen-bond donors (Lipinski definition) is 0. The zero-order chi connectivity index (χ0) is 18.9. The van der Waals surface area contributed by atoms with E-state index in [1.165, 1.54) is 22.8 Å². The molecule has 2 heterocycles. The molecule has 0 aliphatic carbocycles. The molecule has 26 heavy (non-hydrogen) atoms. The van der Waals surface area contributed by atoms with E-state index >= 15 is 0 Å². The van der Waals surface area contributed by atoms with E-state index in [2.05, 4.69) is 5.92 Å². The van der Waals surface area contributed by atoms with Crippen LogP contribution in [0, 0.1) is 12.3 Å². The maximum Gasteiger partial charge on any atom is 0.416 e.